The van der Waals surface area contributed by atoms with Gasteiger partial charge in [0.05, 0.1) is 13.7 Å². The number of ether oxygens (including phenoxy) is 2. The number of esters is 1. The number of rotatable bonds is 4. The van der Waals surface area contributed by atoms with Gasteiger partial charge in [0.25, 0.3) is 5.78 Å². The van der Waals surface area contributed by atoms with E-state index in [-0.39, 0.29) is 12.4 Å². The Morgan fingerprint density at radius 2 is 1.94 bits per heavy atom. The lowest BCUT2D eigenvalue weighted by Gasteiger charge is -2.08. The van der Waals surface area contributed by atoms with Crippen LogP contribution in [0.5, 0.6) is 5.75 Å². The topological polar surface area (TPSA) is 52.6 Å². The molecule has 0 radical (unpaired) electrons. The Morgan fingerprint density at radius 3 is 2.47 bits per heavy atom. The maximum atomic E-state index is 13.4. The monoisotopic (exact) mass is 244 g/mol. The van der Waals surface area contributed by atoms with Gasteiger partial charge in [0.15, 0.2) is 0 Å². The lowest BCUT2D eigenvalue weighted by atomic mass is 10.1. The summed E-state index contributed by atoms with van der Waals surface area (Å²) in [5, 5.41) is 0. The second kappa shape index (κ2) is 5.38. The average molecular weight is 244 g/mol. The molecule has 0 aromatic heterocycles. The zero-order valence-electron chi connectivity index (χ0n) is 9.25. The first-order chi connectivity index (χ1) is 8.01. The first kappa shape index (κ1) is 13.1. The Morgan fingerprint density at radius 1 is 1.29 bits per heavy atom. The van der Waals surface area contributed by atoms with E-state index < -0.39 is 29.0 Å². The van der Waals surface area contributed by atoms with E-state index in [1.807, 2.05) is 0 Å². The second-order valence-electron chi connectivity index (χ2n) is 3.01. The standard InChI is InChI=1S/C11H10F2O4/c1-3-17-11(15)10(14)9-7(13)4-6(12)5-8(9)16-2/h4-5H,3H2,1-2H3. The van der Waals surface area contributed by atoms with Crippen LogP contribution >= 0.6 is 0 Å². The van der Waals surface area contributed by atoms with Gasteiger partial charge in [-0.1, -0.05) is 0 Å². The number of methoxy groups -OCH3 is 1. The Labute approximate surface area is 96.1 Å². The molecule has 6 heteroatoms. The molecule has 0 N–H and O–H groups in total. The van der Waals surface area contributed by atoms with Crippen LogP contribution in [-0.4, -0.2) is 25.5 Å². The zero-order valence-corrected chi connectivity index (χ0v) is 9.25. The van der Waals surface area contributed by atoms with Crippen LogP contribution < -0.4 is 4.74 Å². The van der Waals surface area contributed by atoms with Gasteiger partial charge in [0, 0.05) is 12.1 Å². The van der Waals surface area contributed by atoms with Crippen molar-refractivity contribution in [3.8, 4) is 5.75 Å². The molecule has 4 nitrogen and oxygen atoms in total. The highest BCUT2D eigenvalue weighted by Crippen LogP contribution is 2.24. The summed E-state index contributed by atoms with van der Waals surface area (Å²) in [6.07, 6.45) is 0. The van der Waals surface area contributed by atoms with E-state index in [0.717, 1.165) is 13.2 Å². The average Bonchev–Trinajstić information content (AvgIpc) is 2.27. The number of hydrogen-bond acceptors (Lipinski definition) is 4. The molecule has 0 saturated carbocycles. The molecule has 0 heterocycles. The van der Waals surface area contributed by atoms with Gasteiger partial charge in [-0.15, -0.1) is 0 Å². The summed E-state index contributed by atoms with van der Waals surface area (Å²) in [5.74, 6) is -4.84. The molecule has 0 amide bonds. The maximum Gasteiger partial charge on any atom is 0.379 e. The minimum Gasteiger partial charge on any atom is -0.496 e. The molecule has 0 aliphatic carbocycles. The van der Waals surface area contributed by atoms with Crippen molar-refractivity contribution in [1.29, 1.82) is 0 Å². The molecule has 0 fully saturated rings. The fourth-order valence-electron chi connectivity index (χ4n) is 1.23. The summed E-state index contributed by atoms with van der Waals surface area (Å²) in [4.78, 5) is 22.7. The smallest absolute Gasteiger partial charge is 0.379 e. The Kier molecular flexibility index (Phi) is 4.14. The zero-order chi connectivity index (χ0) is 13.0. The number of carbonyl (C=O) groups excluding carboxylic acids is 2. The Hall–Kier alpha value is -1.98. The molecule has 0 aliphatic heterocycles. The molecule has 1 aromatic rings. The van der Waals surface area contributed by atoms with Crippen LogP contribution in [0.25, 0.3) is 0 Å². The van der Waals surface area contributed by atoms with Crippen molar-refractivity contribution < 1.29 is 27.8 Å². The first-order valence-electron chi connectivity index (χ1n) is 4.75. The number of carbonyl (C=O) groups is 2. The van der Waals surface area contributed by atoms with Crippen LogP contribution in [0, 0.1) is 11.6 Å². The molecule has 0 bridgehead atoms. The highest BCUT2D eigenvalue weighted by atomic mass is 19.1. The second-order valence-corrected chi connectivity index (χ2v) is 3.01. The molecular formula is C11H10F2O4. The largest absolute Gasteiger partial charge is 0.496 e. The third-order valence-corrected chi connectivity index (χ3v) is 1.93. The molecule has 0 atom stereocenters. The van der Waals surface area contributed by atoms with Gasteiger partial charge >= 0.3 is 5.97 Å². The molecule has 0 unspecified atom stereocenters. The van der Waals surface area contributed by atoms with Crippen LogP contribution in [0.2, 0.25) is 0 Å². The number of benzene rings is 1. The van der Waals surface area contributed by atoms with Crippen LogP contribution in [0.1, 0.15) is 17.3 Å². The third kappa shape index (κ3) is 2.77. The van der Waals surface area contributed by atoms with E-state index >= 15 is 0 Å². The van der Waals surface area contributed by atoms with Gasteiger partial charge in [-0.3, -0.25) is 4.79 Å². The van der Waals surface area contributed by atoms with Crippen molar-refractivity contribution in [3.63, 3.8) is 0 Å². The predicted octanol–water partition coefficient (Wildman–Crippen LogP) is 1.72. The molecule has 17 heavy (non-hydrogen) atoms. The van der Waals surface area contributed by atoms with Gasteiger partial charge in [0.1, 0.15) is 22.9 Å². The van der Waals surface area contributed by atoms with Gasteiger partial charge in [0.2, 0.25) is 0 Å². The Balaban J connectivity index is 3.21. The van der Waals surface area contributed by atoms with Crippen molar-refractivity contribution in [1.82, 2.24) is 0 Å². The van der Waals surface area contributed by atoms with Crippen LogP contribution in [0.4, 0.5) is 8.78 Å². The highest BCUT2D eigenvalue weighted by molar-refractivity contribution is 6.41. The van der Waals surface area contributed by atoms with Crippen LogP contribution in [0.15, 0.2) is 12.1 Å². The normalized spacial score (nSPS) is 9.88. The van der Waals surface area contributed by atoms with E-state index in [9.17, 15) is 18.4 Å². The van der Waals surface area contributed by atoms with Gasteiger partial charge < -0.3 is 9.47 Å². The van der Waals surface area contributed by atoms with Crippen LogP contribution in [-0.2, 0) is 9.53 Å². The van der Waals surface area contributed by atoms with E-state index in [1.165, 1.54) is 6.92 Å². The number of Topliss-reactive ketones (excluding diaryl/α,β-unsaturated/α-hetero) is 1. The van der Waals surface area contributed by atoms with Crippen molar-refractivity contribution in [2.45, 2.75) is 6.92 Å². The Bertz CT molecular complexity index is 457. The SMILES string of the molecule is CCOC(=O)C(=O)c1c(F)cc(F)cc1OC. The maximum absolute atomic E-state index is 13.4. The molecule has 0 spiro atoms. The van der Waals surface area contributed by atoms with E-state index in [0.29, 0.717) is 6.07 Å². The molecular weight excluding hydrogens is 234 g/mol. The number of ketones is 1. The minimum atomic E-state index is -1.21. The lowest BCUT2D eigenvalue weighted by Crippen LogP contribution is -2.19. The first-order valence-corrected chi connectivity index (χ1v) is 4.75. The molecule has 92 valence electrons. The summed E-state index contributed by atoms with van der Waals surface area (Å²) >= 11 is 0. The number of halogens is 2. The van der Waals surface area contributed by atoms with Crippen molar-refractivity contribution in [3.05, 3.63) is 29.3 Å². The third-order valence-electron chi connectivity index (χ3n) is 1.93. The highest BCUT2D eigenvalue weighted by Gasteiger charge is 2.26. The van der Waals surface area contributed by atoms with Crippen molar-refractivity contribution >= 4 is 11.8 Å². The molecule has 1 rings (SSSR count). The summed E-state index contributed by atoms with van der Waals surface area (Å²) in [6.45, 7) is 1.49. The fourth-order valence-corrected chi connectivity index (χ4v) is 1.23. The van der Waals surface area contributed by atoms with Crippen LogP contribution in [0.3, 0.4) is 0 Å². The fraction of sp³-hybridized carbons (Fsp3) is 0.273. The minimum absolute atomic E-state index is 0.0182. The summed E-state index contributed by atoms with van der Waals surface area (Å²) in [5.41, 5.74) is -0.632. The van der Waals surface area contributed by atoms with E-state index in [4.69, 9.17) is 0 Å². The molecule has 1 aromatic carbocycles. The van der Waals surface area contributed by atoms with Crippen molar-refractivity contribution in [2.75, 3.05) is 13.7 Å². The molecule has 0 aliphatic rings. The predicted molar refractivity (Wildman–Crippen MR) is 53.9 cm³/mol. The summed E-state index contributed by atoms with van der Waals surface area (Å²) < 4.78 is 35.3. The van der Waals surface area contributed by atoms with Gasteiger partial charge in [-0.2, -0.15) is 0 Å². The van der Waals surface area contributed by atoms with Crippen molar-refractivity contribution in [2.24, 2.45) is 0 Å². The van der Waals surface area contributed by atoms with E-state index in [1.54, 1.807) is 0 Å². The quantitative estimate of drug-likeness (QED) is 0.459. The van der Waals surface area contributed by atoms with Gasteiger partial charge in [-0.05, 0) is 6.92 Å². The summed E-state index contributed by atoms with van der Waals surface area (Å²) in [7, 11) is 1.14. The lowest BCUT2D eigenvalue weighted by molar-refractivity contribution is -0.137. The number of hydrogen-bond donors (Lipinski definition) is 0. The van der Waals surface area contributed by atoms with Gasteiger partial charge in [-0.25, -0.2) is 13.6 Å². The van der Waals surface area contributed by atoms with E-state index in [2.05, 4.69) is 9.47 Å². The summed E-state index contributed by atoms with van der Waals surface area (Å²) in [6, 6.07) is 1.31. The molecule has 0 saturated heterocycles.